The molecule has 0 bridgehead atoms. The summed E-state index contributed by atoms with van der Waals surface area (Å²) in [7, 11) is 0. The lowest BCUT2D eigenvalue weighted by atomic mass is 10.0. The van der Waals surface area contributed by atoms with Gasteiger partial charge in [-0.15, -0.1) is 0 Å². The molecular weight excluding hydrogens is 1140 g/mol. The lowest BCUT2D eigenvalue weighted by Gasteiger charge is -2.11. The van der Waals surface area contributed by atoms with E-state index in [1.807, 2.05) is 60.8 Å². The highest BCUT2D eigenvalue weighted by Gasteiger charge is 2.29. The van der Waals surface area contributed by atoms with Gasteiger partial charge in [0.25, 0.3) is 0 Å². The number of aryl methyl sites for hydroxylation is 2. The van der Waals surface area contributed by atoms with Crippen LogP contribution >= 0.6 is 0 Å². The molecule has 0 unspecified atom stereocenters. The molecule has 0 radical (unpaired) electrons. The van der Waals surface area contributed by atoms with E-state index in [-0.39, 0.29) is 23.2 Å². The van der Waals surface area contributed by atoms with Gasteiger partial charge in [-0.2, -0.15) is 0 Å². The number of carbonyl (C=O) groups is 4. The molecule has 92 heavy (non-hydrogen) atoms. The minimum absolute atomic E-state index is 0.153. The predicted octanol–water partition coefficient (Wildman–Crippen LogP) is 18.7. The van der Waals surface area contributed by atoms with Gasteiger partial charge in [-0.3, -0.25) is 24.2 Å². The summed E-state index contributed by atoms with van der Waals surface area (Å²) in [5, 5.41) is 4.08. The number of fused-ring (bicyclic) bond motifs is 12. The van der Waals surface area contributed by atoms with E-state index in [9.17, 15) is 28.0 Å². The van der Waals surface area contributed by atoms with Crippen molar-refractivity contribution in [2.24, 2.45) is 0 Å². The summed E-state index contributed by atoms with van der Waals surface area (Å²) < 4.78 is 36.1. The molecule has 0 spiro atoms. The first-order valence-electron chi connectivity index (χ1n) is 32.9. The number of hydrogen-bond donors (Lipinski definition) is 0. The number of pyridine rings is 1. The Morgan fingerprint density at radius 1 is 0.326 bits per heavy atom. The van der Waals surface area contributed by atoms with E-state index in [4.69, 9.17) is 0 Å². The third-order valence-corrected chi connectivity index (χ3v) is 18.9. The van der Waals surface area contributed by atoms with Crippen LogP contribution in [0.25, 0.3) is 43.6 Å². The van der Waals surface area contributed by atoms with Crippen molar-refractivity contribution in [1.29, 1.82) is 0 Å². The summed E-state index contributed by atoms with van der Waals surface area (Å²) in [6.07, 6.45) is 18.1. The Morgan fingerprint density at radius 3 is 1.10 bits per heavy atom. The van der Waals surface area contributed by atoms with Gasteiger partial charge >= 0.3 is 0 Å². The van der Waals surface area contributed by atoms with Crippen molar-refractivity contribution < 1.29 is 28.0 Å². The van der Waals surface area contributed by atoms with E-state index in [0.29, 0.717) is 50.3 Å². The number of carbonyl (C=O) groups excluding carboxylic acids is 4. The minimum Gasteiger partial charge on any atom is -0.339 e. The highest BCUT2D eigenvalue weighted by molar-refractivity contribution is 6.12. The summed E-state index contributed by atoms with van der Waals surface area (Å²) in [5.41, 5.74) is 19.7. The molecule has 12 aromatic rings. The number of benzene rings is 7. The van der Waals surface area contributed by atoms with Gasteiger partial charge in [0.15, 0.2) is 23.1 Å². The van der Waals surface area contributed by atoms with Gasteiger partial charge in [0.1, 0.15) is 11.6 Å². The molecule has 0 aliphatic heterocycles. The van der Waals surface area contributed by atoms with Crippen molar-refractivity contribution >= 4 is 66.7 Å². The van der Waals surface area contributed by atoms with E-state index < -0.39 is 0 Å². The Labute approximate surface area is 536 Å². The summed E-state index contributed by atoms with van der Waals surface area (Å²) >= 11 is 0. The zero-order valence-electron chi connectivity index (χ0n) is 52.7. The molecule has 0 saturated carbocycles. The van der Waals surface area contributed by atoms with Gasteiger partial charge in [0, 0.05) is 153 Å². The van der Waals surface area contributed by atoms with E-state index in [0.717, 1.165) is 167 Å². The second-order valence-corrected chi connectivity index (χ2v) is 25.3. The van der Waals surface area contributed by atoms with Gasteiger partial charge in [-0.25, -0.2) is 8.78 Å². The zero-order chi connectivity index (χ0) is 63.2. The number of hydrogen-bond acceptors (Lipinski definition) is 5. The summed E-state index contributed by atoms with van der Waals surface area (Å²) in [5.74, 6) is 0.527. The standard InChI is InChI=1S/C21H20FNO.C21H21NO.C20H18FNO.C19H18N2O/c1-14-6-11-18-17(12-14)21-19(4-2-3-5-20(21)24)23(18)13-15-7-9-16(22)10-8-15;1-15-11-12-18-17(13-15)21-19(9-5-6-10-20(21)23)22(18)14-16-7-3-2-4-8-16;21-15-10-11-17-16(12-15)20-18(8-4-5-9-19(20)23)22(17)13-14-6-2-1-3-7-14;22-18-10-4-3-9-17-19(18)15-7-1-2-8-16(15)21(17)13-14-6-5-11-20-12-14/h6-12H,2-5,13H2,1H3;2-4,7-8,11-13H,5-6,9-10,14H2,1H3;1-3,6-7,10-12H,4-5,8-9,13H2;1-2,5-8,11-12H,3-4,9-10,13H2. The van der Waals surface area contributed by atoms with Crippen LogP contribution < -0.4 is 0 Å². The van der Waals surface area contributed by atoms with Gasteiger partial charge in [0.05, 0.1) is 0 Å². The molecule has 11 heteroatoms. The Morgan fingerprint density at radius 2 is 0.663 bits per heavy atom. The van der Waals surface area contributed by atoms with Crippen LogP contribution in [0, 0.1) is 25.5 Å². The molecule has 0 N–H and O–H groups in total. The predicted molar refractivity (Wildman–Crippen MR) is 365 cm³/mol. The number of aromatic nitrogens is 5. The summed E-state index contributed by atoms with van der Waals surface area (Å²) in [6, 6.07) is 57.3. The van der Waals surface area contributed by atoms with E-state index >= 15 is 0 Å². The fourth-order valence-corrected chi connectivity index (χ4v) is 14.6. The SMILES string of the molecule is Cc1ccc2c(c1)c1c(n2Cc2ccc(F)cc2)CCCCC1=O.Cc1ccc2c(c1)c1c(n2Cc2ccccc2)CCCCC1=O.O=C1CCCCc2c1c1cc(F)ccc1n2Cc1ccccc1.O=C1CCCCc2c1c1ccccc1n2Cc1cccnc1. The first kappa shape index (κ1) is 61.3. The normalized spacial score (nSPS) is 14.7. The first-order valence-corrected chi connectivity index (χ1v) is 32.9. The van der Waals surface area contributed by atoms with Gasteiger partial charge < -0.3 is 18.3 Å². The molecule has 464 valence electrons. The van der Waals surface area contributed by atoms with Crippen LogP contribution in [0.15, 0.2) is 188 Å². The zero-order valence-corrected chi connectivity index (χ0v) is 52.7. The maximum Gasteiger partial charge on any atom is 0.165 e. The number of halogens is 2. The minimum atomic E-state index is -0.283. The molecule has 4 aliphatic carbocycles. The first-order chi connectivity index (χ1) is 44.9. The molecule has 0 atom stereocenters. The van der Waals surface area contributed by atoms with E-state index in [1.165, 1.54) is 69.0 Å². The van der Waals surface area contributed by atoms with Crippen LogP contribution in [0.4, 0.5) is 8.78 Å². The third-order valence-electron chi connectivity index (χ3n) is 18.9. The van der Waals surface area contributed by atoms with Crippen molar-refractivity contribution in [3.8, 4) is 0 Å². The van der Waals surface area contributed by atoms with Crippen molar-refractivity contribution in [3.05, 3.63) is 278 Å². The largest absolute Gasteiger partial charge is 0.339 e. The molecule has 5 heterocycles. The van der Waals surface area contributed by atoms with Crippen LogP contribution in [0.3, 0.4) is 0 Å². The highest BCUT2D eigenvalue weighted by atomic mass is 19.1. The quantitative estimate of drug-likeness (QED) is 0.141. The number of Topliss-reactive ketones (excluding diaryl/α,β-unsaturated/α-hetero) is 4. The Hall–Kier alpha value is -9.61. The molecule has 0 saturated heterocycles. The smallest absolute Gasteiger partial charge is 0.165 e. The average molecular weight is 1220 g/mol. The number of nitrogens with zero attached hydrogens (tertiary/aromatic N) is 5. The maximum absolute atomic E-state index is 13.8. The van der Waals surface area contributed by atoms with Gasteiger partial charge in [0.2, 0.25) is 0 Å². The Kier molecular flexibility index (Phi) is 18.3. The molecule has 5 aromatic heterocycles. The summed E-state index contributed by atoms with van der Waals surface area (Å²) in [4.78, 5) is 54.7. The number of para-hydroxylation sites is 1. The number of ketones is 4. The van der Waals surface area contributed by atoms with Crippen molar-refractivity contribution in [2.45, 2.75) is 143 Å². The highest BCUT2D eigenvalue weighted by Crippen LogP contribution is 2.37. The monoisotopic (exact) mass is 1220 g/mol. The van der Waals surface area contributed by atoms with Crippen LogP contribution in [0.2, 0.25) is 0 Å². The van der Waals surface area contributed by atoms with Crippen LogP contribution in [0.5, 0.6) is 0 Å². The van der Waals surface area contributed by atoms with Gasteiger partial charge in [-0.1, -0.05) is 120 Å². The maximum atomic E-state index is 13.8. The average Bonchev–Trinajstić information content (AvgIpc) is 1.65. The van der Waals surface area contributed by atoms with Gasteiger partial charge in [-0.05, 0) is 180 Å². The van der Waals surface area contributed by atoms with Crippen molar-refractivity contribution in [2.75, 3.05) is 0 Å². The fraction of sp³-hybridized carbons (Fsp3) is 0.272. The third kappa shape index (κ3) is 12.9. The molecular formula is C81H77F2N5O4. The second-order valence-electron chi connectivity index (χ2n) is 25.3. The molecule has 9 nitrogen and oxygen atoms in total. The van der Waals surface area contributed by atoms with Crippen LogP contribution in [0.1, 0.15) is 175 Å². The van der Waals surface area contributed by atoms with Crippen molar-refractivity contribution in [3.63, 3.8) is 0 Å². The second kappa shape index (κ2) is 27.5. The molecule has 0 fully saturated rings. The molecule has 0 amide bonds. The van der Waals surface area contributed by atoms with Crippen LogP contribution in [-0.2, 0) is 51.9 Å². The summed E-state index contributed by atoms with van der Waals surface area (Å²) in [6.45, 7) is 7.15. The van der Waals surface area contributed by atoms with E-state index in [2.05, 4.69) is 128 Å². The lowest BCUT2D eigenvalue weighted by molar-refractivity contribution is 0.0975. The molecule has 4 aliphatic rings. The molecule has 16 rings (SSSR count). The van der Waals surface area contributed by atoms with Crippen LogP contribution in [-0.4, -0.2) is 46.4 Å². The molecule has 7 aromatic carbocycles. The van der Waals surface area contributed by atoms with E-state index in [1.54, 1.807) is 12.3 Å². The van der Waals surface area contributed by atoms with Crippen molar-refractivity contribution in [1.82, 2.24) is 23.3 Å². The topological polar surface area (TPSA) is 101 Å². The Balaban J connectivity index is 0.000000112. The fourth-order valence-electron chi connectivity index (χ4n) is 14.6. The Bertz CT molecular complexity index is 4560. The lowest BCUT2D eigenvalue weighted by Crippen LogP contribution is -2.06. The number of rotatable bonds is 8.